The zero-order chi connectivity index (χ0) is 19.4. The van der Waals surface area contributed by atoms with Crippen molar-refractivity contribution in [3.05, 3.63) is 35.1 Å². The highest BCUT2D eigenvalue weighted by Crippen LogP contribution is 2.18. The SMILES string of the molecule is CCc1cc(F)cc(C(=O)N2CCN(C(=O)[C@H](C)N(C)C)CC2CF)c1. The number of carbonyl (C=O) groups excluding carboxylic acids is 2. The Hall–Kier alpha value is -2.02. The molecular weight excluding hydrogens is 340 g/mol. The third-order valence-electron chi connectivity index (χ3n) is 4.98. The molecule has 2 rings (SSSR count). The van der Waals surface area contributed by atoms with Gasteiger partial charge in [-0.15, -0.1) is 0 Å². The van der Waals surface area contributed by atoms with Crippen LogP contribution in [0.4, 0.5) is 8.78 Å². The van der Waals surface area contributed by atoms with Gasteiger partial charge in [0.2, 0.25) is 5.91 Å². The van der Waals surface area contributed by atoms with E-state index in [4.69, 9.17) is 0 Å². The molecule has 0 bridgehead atoms. The first-order chi connectivity index (χ1) is 12.3. The summed E-state index contributed by atoms with van der Waals surface area (Å²) in [5, 5.41) is 0. The fourth-order valence-corrected chi connectivity index (χ4v) is 3.08. The third-order valence-corrected chi connectivity index (χ3v) is 4.98. The van der Waals surface area contributed by atoms with E-state index in [0.717, 1.165) is 5.56 Å². The molecule has 1 unspecified atom stereocenters. The van der Waals surface area contributed by atoms with Crippen LogP contribution in [-0.2, 0) is 11.2 Å². The number of hydrogen-bond acceptors (Lipinski definition) is 3. The molecular formula is C19H27F2N3O2. The molecule has 0 N–H and O–H groups in total. The van der Waals surface area contributed by atoms with Crippen molar-refractivity contribution in [1.29, 1.82) is 0 Å². The molecule has 0 radical (unpaired) electrons. The van der Waals surface area contributed by atoms with Gasteiger partial charge in [-0.2, -0.15) is 0 Å². The summed E-state index contributed by atoms with van der Waals surface area (Å²) < 4.78 is 27.4. The summed E-state index contributed by atoms with van der Waals surface area (Å²) in [6.45, 7) is 3.65. The molecule has 1 aromatic rings. The van der Waals surface area contributed by atoms with Gasteiger partial charge >= 0.3 is 0 Å². The number of halogens is 2. The van der Waals surface area contributed by atoms with Crippen LogP contribution in [0.15, 0.2) is 18.2 Å². The lowest BCUT2D eigenvalue weighted by Gasteiger charge is -2.41. The summed E-state index contributed by atoms with van der Waals surface area (Å²) in [5.41, 5.74) is 0.945. The van der Waals surface area contributed by atoms with Crippen LogP contribution in [0.5, 0.6) is 0 Å². The molecule has 7 heteroatoms. The Morgan fingerprint density at radius 2 is 1.96 bits per heavy atom. The maximum Gasteiger partial charge on any atom is 0.254 e. The quantitative estimate of drug-likeness (QED) is 0.799. The average Bonchev–Trinajstić information content (AvgIpc) is 2.64. The minimum Gasteiger partial charge on any atom is -0.337 e. The molecule has 0 aliphatic carbocycles. The second-order valence-corrected chi connectivity index (χ2v) is 6.93. The van der Waals surface area contributed by atoms with Crippen LogP contribution in [-0.4, -0.2) is 79.0 Å². The number of benzene rings is 1. The molecule has 5 nitrogen and oxygen atoms in total. The second kappa shape index (κ2) is 8.58. The maximum absolute atomic E-state index is 13.8. The van der Waals surface area contributed by atoms with Gasteiger partial charge in [0.05, 0.1) is 12.1 Å². The van der Waals surface area contributed by atoms with E-state index >= 15 is 0 Å². The summed E-state index contributed by atoms with van der Waals surface area (Å²) in [4.78, 5) is 30.1. The first-order valence-corrected chi connectivity index (χ1v) is 8.90. The Morgan fingerprint density at radius 3 is 2.54 bits per heavy atom. The van der Waals surface area contributed by atoms with Crippen LogP contribution in [0.25, 0.3) is 0 Å². The average molecular weight is 367 g/mol. The monoisotopic (exact) mass is 367 g/mol. The van der Waals surface area contributed by atoms with Crippen molar-refractivity contribution in [1.82, 2.24) is 14.7 Å². The molecule has 0 aromatic heterocycles. The van der Waals surface area contributed by atoms with E-state index in [1.165, 1.54) is 17.0 Å². The summed E-state index contributed by atoms with van der Waals surface area (Å²) in [5.74, 6) is -0.952. The molecule has 144 valence electrons. The molecule has 0 saturated carbocycles. The Kier molecular flexibility index (Phi) is 6.69. The summed E-state index contributed by atoms with van der Waals surface area (Å²) in [6.07, 6.45) is 0.606. The van der Waals surface area contributed by atoms with Crippen LogP contribution in [0, 0.1) is 5.82 Å². The van der Waals surface area contributed by atoms with E-state index in [2.05, 4.69) is 0 Å². The Morgan fingerprint density at radius 1 is 1.27 bits per heavy atom. The summed E-state index contributed by atoms with van der Waals surface area (Å²) in [7, 11) is 3.62. The predicted octanol–water partition coefficient (Wildman–Crippen LogP) is 1.96. The molecule has 1 fully saturated rings. The number of aryl methyl sites for hydroxylation is 1. The third kappa shape index (κ3) is 4.38. The lowest BCUT2D eigenvalue weighted by atomic mass is 10.1. The molecule has 0 spiro atoms. The molecule has 1 heterocycles. The van der Waals surface area contributed by atoms with Crippen molar-refractivity contribution in [3.63, 3.8) is 0 Å². The van der Waals surface area contributed by atoms with Crippen molar-refractivity contribution in [2.45, 2.75) is 32.4 Å². The highest BCUT2D eigenvalue weighted by molar-refractivity contribution is 5.95. The van der Waals surface area contributed by atoms with Gasteiger partial charge in [-0.3, -0.25) is 14.5 Å². The van der Waals surface area contributed by atoms with E-state index in [1.54, 1.807) is 22.8 Å². The standard InChI is InChI=1S/C19H27F2N3O2/c1-5-14-8-15(10-16(21)9-14)19(26)24-7-6-23(12-17(24)11-20)18(25)13(2)22(3)4/h8-10,13,17H,5-7,11-12H2,1-4H3/t13-,17?/m0/s1. The van der Waals surface area contributed by atoms with Gasteiger partial charge in [0, 0.05) is 25.2 Å². The molecule has 1 aliphatic heterocycles. The van der Waals surface area contributed by atoms with E-state index in [0.29, 0.717) is 13.0 Å². The van der Waals surface area contributed by atoms with Gasteiger partial charge in [0.1, 0.15) is 12.5 Å². The summed E-state index contributed by atoms with van der Waals surface area (Å²) >= 11 is 0. The van der Waals surface area contributed by atoms with Gasteiger partial charge in [0.15, 0.2) is 0 Å². The largest absolute Gasteiger partial charge is 0.337 e. The number of piperazine rings is 1. The number of alkyl halides is 1. The fourth-order valence-electron chi connectivity index (χ4n) is 3.08. The number of amides is 2. The normalized spacial score (nSPS) is 19.0. The van der Waals surface area contributed by atoms with Crippen molar-refractivity contribution < 1.29 is 18.4 Å². The zero-order valence-electron chi connectivity index (χ0n) is 15.8. The maximum atomic E-state index is 13.8. The number of nitrogens with zero attached hydrogens (tertiary/aromatic N) is 3. The lowest BCUT2D eigenvalue weighted by molar-refractivity contribution is -0.138. The van der Waals surface area contributed by atoms with Crippen molar-refractivity contribution in [2.75, 3.05) is 40.4 Å². The number of likely N-dealkylation sites (N-methyl/N-ethyl adjacent to an activating group) is 1. The smallest absolute Gasteiger partial charge is 0.254 e. The van der Waals surface area contributed by atoms with Crippen LogP contribution in [0.1, 0.15) is 29.8 Å². The minimum absolute atomic E-state index is 0.0837. The first-order valence-electron chi connectivity index (χ1n) is 8.90. The topological polar surface area (TPSA) is 43.9 Å². The van der Waals surface area contributed by atoms with Crippen LogP contribution in [0.3, 0.4) is 0 Å². The molecule has 1 saturated heterocycles. The highest BCUT2D eigenvalue weighted by Gasteiger charge is 2.34. The van der Waals surface area contributed by atoms with Crippen LogP contribution < -0.4 is 0 Å². The highest BCUT2D eigenvalue weighted by atomic mass is 19.1. The Labute approximate surface area is 153 Å². The molecule has 26 heavy (non-hydrogen) atoms. The molecule has 2 amide bonds. The lowest BCUT2D eigenvalue weighted by Crippen LogP contribution is -2.59. The minimum atomic E-state index is -0.748. The number of hydrogen-bond donors (Lipinski definition) is 0. The van der Waals surface area contributed by atoms with Gasteiger partial charge < -0.3 is 9.80 Å². The molecule has 1 aliphatic rings. The Balaban J connectivity index is 2.15. The number of carbonyl (C=O) groups is 2. The second-order valence-electron chi connectivity index (χ2n) is 6.93. The number of rotatable bonds is 5. The van der Waals surface area contributed by atoms with Gasteiger partial charge in [-0.05, 0) is 51.2 Å². The predicted molar refractivity (Wildman–Crippen MR) is 96.3 cm³/mol. The summed E-state index contributed by atoms with van der Waals surface area (Å²) in [6, 6.07) is 3.19. The van der Waals surface area contributed by atoms with E-state index in [9.17, 15) is 18.4 Å². The van der Waals surface area contributed by atoms with Gasteiger partial charge in [-0.1, -0.05) is 6.92 Å². The molecule has 2 atom stereocenters. The fraction of sp³-hybridized carbons (Fsp3) is 0.579. The first kappa shape index (κ1) is 20.3. The van der Waals surface area contributed by atoms with Crippen molar-refractivity contribution in [3.8, 4) is 0 Å². The van der Waals surface area contributed by atoms with Crippen molar-refractivity contribution in [2.24, 2.45) is 0 Å². The molecule has 1 aromatic carbocycles. The van der Waals surface area contributed by atoms with Crippen LogP contribution in [0.2, 0.25) is 0 Å². The van der Waals surface area contributed by atoms with Gasteiger partial charge in [-0.25, -0.2) is 8.78 Å². The van der Waals surface area contributed by atoms with Crippen LogP contribution >= 0.6 is 0 Å². The Bertz CT molecular complexity index is 666. The van der Waals surface area contributed by atoms with E-state index in [-0.39, 0.29) is 30.6 Å². The van der Waals surface area contributed by atoms with Gasteiger partial charge in [0.25, 0.3) is 5.91 Å². The van der Waals surface area contributed by atoms with E-state index in [1.807, 2.05) is 21.0 Å². The zero-order valence-corrected chi connectivity index (χ0v) is 15.8. The van der Waals surface area contributed by atoms with E-state index < -0.39 is 24.4 Å². The van der Waals surface area contributed by atoms with Crippen molar-refractivity contribution >= 4 is 11.8 Å².